The summed E-state index contributed by atoms with van der Waals surface area (Å²) in [7, 11) is 0. The molecule has 0 spiro atoms. The van der Waals surface area contributed by atoms with Gasteiger partial charge in [0.1, 0.15) is 23.2 Å². The van der Waals surface area contributed by atoms with Crippen molar-refractivity contribution in [2.24, 2.45) is 0 Å². The minimum atomic E-state index is -1.32. The quantitative estimate of drug-likeness (QED) is 0.729. The van der Waals surface area contributed by atoms with Crippen molar-refractivity contribution in [1.82, 2.24) is 0 Å². The molecule has 6 heteroatoms. The fourth-order valence-electron chi connectivity index (χ4n) is 2.76. The van der Waals surface area contributed by atoms with Gasteiger partial charge >= 0.3 is 29.6 Å². The van der Waals surface area contributed by atoms with Gasteiger partial charge in [-0.1, -0.05) is 11.6 Å². The number of carboxylic acids is 1. The molecule has 116 valence electrons. The molecule has 0 bridgehead atoms. The van der Waals surface area contributed by atoms with Crippen LogP contribution in [0, 0.1) is 0 Å². The number of carbonyl (C=O) groups is 1. The number of rotatable bonds is 5. The maximum atomic E-state index is 10.8. The van der Waals surface area contributed by atoms with Crippen LogP contribution in [-0.2, 0) is 6.42 Å². The minimum absolute atomic E-state index is 0. The molecule has 1 heterocycles. The van der Waals surface area contributed by atoms with Crippen LogP contribution in [0.2, 0.25) is 5.02 Å². The zero-order valence-electron chi connectivity index (χ0n) is 13.0. The monoisotopic (exact) mass is 342 g/mol. The zero-order valence-corrected chi connectivity index (χ0v) is 15.8. The molecule has 1 aromatic carbocycles. The molecule has 0 N–H and O–H groups in total. The number of furan rings is 1. The van der Waals surface area contributed by atoms with Gasteiger partial charge in [0.05, 0.1) is 6.10 Å². The Hall–Kier alpha value is -0.940. The van der Waals surface area contributed by atoms with Crippen molar-refractivity contribution in [1.29, 1.82) is 0 Å². The molecule has 23 heavy (non-hydrogen) atoms. The van der Waals surface area contributed by atoms with Crippen molar-refractivity contribution >= 4 is 17.6 Å². The average Bonchev–Trinajstić information content (AvgIpc) is 3.13. The van der Waals surface area contributed by atoms with Crippen LogP contribution < -0.4 is 39.4 Å². The van der Waals surface area contributed by atoms with E-state index < -0.39 is 5.97 Å². The third-order valence-corrected chi connectivity index (χ3v) is 4.08. The van der Waals surface area contributed by atoms with Crippen molar-refractivity contribution in [3.05, 3.63) is 52.4 Å². The molecule has 4 nitrogen and oxygen atoms in total. The standard InChI is InChI=1S/C17H17ClO4.Na/c18-12-5-7-15(21-13-3-1-2-4-13)11(9-12)10-14-6-8-16(22-14)17(19)20;/h5-9,13H,1-4,10H2,(H,19,20);/q;+1/p-1. The molecule has 0 amide bonds. The molecule has 1 aliphatic carbocycles. The van der Waals surface area contributed by atoms with Crippen molar-refractivity contribution in [2.45, 2.75) is 38.2 Å². The molecule has 2 aromatic rings. The number of carboxylic acid groups (broad SMARTS) is 1. The van der Waals surface area contributed by atoms with Gasteiger partial charge in [0, 0.05) is 17.0 Å². The van der Waals surface area contributed by atoms with Crippen LogP contribution in [-0.4, -0.2) is 12.1 Å². The number of hydrogen-bond donors (Lipinski definition) is 0. The van der Waals surface area contributed by atoms with E-state index in [0.717, 1.165) is 24.2 Å². The van der Waals surface area contributed by atoms with Crippen LogP contribution in [0.25, 0.3) is 0 Å². The van der Waals surface area contributed by atoms with Gasteiger partial charge in [-0.25, -0.2) is 0 Å². The molecule has 0 saturated heterocycles. The minimum Gasteiger partial charge on any atom is -0.542 e. The Bertz CT molecular complexity index is 677. The Balaban J connectivity index is 0.00000192. The van der Waals surface area contributed by atoms with Gasteiger partial charge in [-0.15, -0.1) is 0 Å². The fraction of sp³-hybridized carbons (Fsp3) is 0.353. The maximum absolute atomic E-state index is 10.8. The SMILES string of the molecule is O=C([O-])c1ccc(Cc2cc(Cl)ccc2OC2CCCC2)o1.[Na+]. The van der Waals surface area contributed by atoms with E-state index in [4.69, 9.17) is 20.8 Å². The predicted octanol–water partition coefficient (Wildman–Crippen LogP) is 0.213. The number of hydrogen-bond acceptors (Lipinski definition) is 4. The van der Waals surface area contributed by atoms with Crippen molar-refractivity contribution < 1.29 is 48.6 Å². The predicted molar refractivity (Wildman–Crippen MR) is 80.2 cm³/mol. The van der Waals surface area contributed by atoms with Crippen LogP contribution in [0.3, 0.4) is 0 Å². The first-order chi connectivity index (χ1) is 10.6. The van der Waals surface area contributed by atoms with Crippen LogP contribution in [0.15, 0.2) is 34.7 Å². The summed E-state index contributed by atoms with van der Waals surface area (Å²) in [4.78, 5) is 10.8. The molecular weight excluding hydrogens is 327 g/mol. The first-order valence-corrected chi connectivity index (χ1v) is 7.75. The van der Waals surface area contributed by atoms with Gasteiger partial charge in [-0.3, -0.25) is 0 Å². The van der Waals surface area contributed by atoms with Crippen molar-refractivity contribution in [3.8, 4) is 5.75 Å². The summed E-state index contributed by atoms with van der Waals surface area (Å²) < 4.78 is 11.3. The molecule has 0 unspecified atom stereocenters. The molecule has 1 aliphatic rings. The summed E-state index contributed by atoms with van der Waals surface area (Å²) in [6, 6.07) is 8.51. The van der Waals surface area contributed by atoms with Crippen LogP contribution in [0.4, 0.5) is 0 Å². The van der Waals surface area contributed by atoms with E-state index in [1.54, 1.807) is 12.1 Å². The topological polar surface area (TPSA) is 62.5 Å². The summed E-state index contributed by atoms with van der Waals surface area (Å²) in [6.45, 7) is 0. The molecule has 0 aliphatic heterocycles. The van der Waals surface area contributed by atoms with E-state index in [2.05, 4.69) is 0 Å². The van der Waals surface area contributed by atoms with E-state index >= 15 is 0 Å². The van der Waals surface area contributed by atoms with E-state index in [-0.39, 0.29) is 41.4 Å². The second-order valence-corrected chi connectivity index (χ2v) is 5.94. The van der Waals surface area contributed by atoms with Gasteiger partial charge in [0.2, 0.25) is 0 Å². The van der Waals surface area contributed by atoms with Crippen LogP contribution in [0.5, 0.6) is 5.75 Å². The first-order valence-electron chi connectivity index (χ1n) is 7.37. The van der Waals surface area contributed by atoms with E-state index in [0.29, 0.717) is 17.2 Å². The Kier molecular flexibility index (Phi) is 6.60. The normalized spacial score (nSPS) is 14.5. The number of aromatic carboxylic acids is 1. The summed E-state index contributed by atoms with van der Waals surface area (Å²) in [5.74, 6) is -0.171. The molecular formula is C17H16ClNaO4. The number of ether oxygens (including phenoxy) is 1. The van der Waals surface area contributed by atoms with Crippen molar-refractivity contribution in [2.75, 3.05) is 0 Å². The third-order valence-electron chi connectivity index (χ3n) is 3.85. The number of benzene rings is 1. The Morgan fingerprint density at radius 2 is 2.00 bits per heavy atom. The molecule has 0 radical (unpaired) electrons. The molecule has 3 rings (SSSR count). The first kappa shape index (κ1) is 18.4. The van der Waals surface area contributed by atoms with E-state index in [1.165, 1.54) is 18.9 Å². The number of halogens is 1. The van der Waals surface area contributed by atoms with Gasteiger partial charge in [0.15, 0.2) is 0 Å². The summed E-state index contributed by atoms with van der Waals surface area (Å²) >= 11 is 6.07. The largest absolute Gasteiger partial charge is 1.00 e. The average molecular weight is 343 g/mol. The Morgan fingerprint density at radius 1 is 1.26 bits per heavy atom. The van der Waals surface area contributed by atoms with Crippen LogP contribution in [0.1, 0.15) is 47.6 Å². The second kappa shape index (κ2) is 8.25. The molecule has 1 fully saturated rings. The smallest absolute Gasteiger partial charge is 0.542 e. The molecule has 1 saturated carbocycles. The Labute approximate surface area is 162 Å². The summed E-state index contributed by atoms with van der Waals surface area (Å²) in [6.07, 6.45) is 5.20. The maximum Gasteiger partial charge on any atom is 1.00 e. The molecule has 1 aromatic heterocycles. The van der Waals surface area contributed by atoms with Gasteiger partial charge in [0.25, 0.3) is 0 Å². The van der Waals surface area contributed by atoms with Gasteiger partial charge < -0.3 is 19.1 Å². The second-order valence-electron chi connectivity index (χ2n) is 5.51. The molecule has 0 atom stereocenters. The third kappa shape index (κ3) is 4.77. The van der Waals surface area contributed by atoms with Crippen LogP contribution >= 0.6 is 11.6 Å². The summed E-state index contributed by atoms with van der Waals surface area (Å²) in [5.41, 5.74) is 0.888. The van der Waals surface area contributed by atoms with Gasteiger partial charge in [-0.2, -0.15) is 0 Å². The fourth-order valence-corrected chi connectivity index (χ4v) is 2.95. The van der Waals surface area contributed by atoms with Crippen molar-refractivity contribution in [3.63, 3.8) is 0 Å². The Morgan fingerprint density at radius 3 is 2.65 bits per heavy atom. The van der Waals surface area contributed by atoms with E-state index in [1.807, 2.05) is 12.1 Å². The van der Waals surface area contributed by atoms with E-state index in [9.17, 15) is 9.90 Å². The number of carbonyl (C=O) groups excluding carboxylic acids is 1. The summed E-state index contributed by atoms with van der Waals surface area (Å²) in [5, 5.41) is 11.4. The van der Waals surface area contributed by atoms with Gasteiger partial charge in [-0.05, 0) is 56.0 Å². The zero-order chi connectivity index (χ0) is 15.5.